The molecule has 116 valence electrons. The lowest BCUT2D eigenvalue weighted by atomic mass is 10.2. The van der Waals surface area contributed by atoms with E-state index >= 15 is 0 Å². The fraction of sp³-hybridized carbons (Fsp3) is 0.176. The number of thioether (sulfide) groups is 1. The third-order valence-electron chi connectivity index (χ3n) is 3.90. The Morgan fingerprint density at radius 1 is 1.30 bits per heavy atom. The van der Waals surface area contributed by atoms with Gasteiger partial charge in [-0.15, -0.1) is 0 Å². The fourth-order valence-corrected chi connectivity index (χ4v) is 3.61. The van der Waals surface area contributed by atoms with Crippen LogP contribution < -0.4 is 0 Å². The minimum Gasteiger partial charge on any atom is -0.464 e. The van der Waals surface area contributed by atoms with Crippen molar-refractivity contribution in [3.63, 3.8) is 0 Å². The van der Waals surface area contributed by atoms with Crippen LogP contribution in [0.4, 0.5) is 0 Å². The molecule has 4 aromatic rings. The normalized spacial score (nSPS) is 11.6. The predicted molar refractivity (Wildman–Crippen MR) is 94.1 cm³/mol. The number of hydrogen-bond donors (Lipinski definition) is 1. The van der Waals surface area contributed by atoms with Crippen LogP contribution in [0.25, 0.3) is 22.0 Å². The van der Waals surface area contributed by atoms with E-state index in [9.17, 15) is 0 Å². The van der Waals surface area contributed by atoms with Crippen molar-refractivity contribution >= 4 is 45.4 Å². The summed E-state index contributed by atoms with van der Waals surface area (Å²) in [4.78, 5) is 12.4. The monoisotopic (exact) mass is 343 g/mol. The van der Waals surface area contributed by atoms with E-state index in [4.69, 9.17) is 16.0 Å². The maximum absolute atomic E-state index is 6.29. The van der Waals surface area contributed by atoms with E-state index in [1.165, 1.54) is 0 Å². The Labute approximate surface area is 142 Å². The smallest absolute Gasteiger partial charge is 0.166 e. The van der Waals surface area contributed by atoms with Gasteiger partial charge < -0.3 is 9.40 Å². The van der Waals surface area contributed by atoms with Crippen LogP contribution in [-0.2, 0) is 5.75 Å². The van der Waals surface area contributed by atoms with Gasteiger partial charge in [-0.3, -0.25) is 4.98 Å². The number of imidazole rings is 1. The highest BCUT2D eigenvalue weighted by Gasteiger charge is 2.10. The van der Waals surface area contributed by atoms with Gasteiger partial charge in [0.05, 0.1) is 23.0 Å². The molecule has 3 aromatic heterocycles. The first-order chi connectivity index (χ1) is 11.1. The van der Waals surface area contributed by atoms with E-state index in [1.807, 2.05) is 32.2 Å². The highest BCUT2D eigenvalue weighted by Crippen LogP contribution is 2.29. The maximum Gasteiger partial charge on any atom is 0.166 e. The summed E-state index contributed by atoms with van der Waals surface area (Å²) in [6, 6.07) is 5.96. The average molecular weight is 344 g/mol. The van der Waals surface area contributed by atoms with E-state index in [0.29, 0.717) is 0 Å². The topological polar surface area (TPSA) is 54.7 Å². The number of nitrogens with zero attached hydrogens (tertiary/aromatic N) is 2. The zero-order valence-electron chi connectivity index (χ0n) is 12.7. The van der Waals surface area contributed by atoms with Crippen LogP contribution in [0.5, 0.6) is 0 Å². The summed E-state index contributed by atoms with van der Waals surface area (Å²) in [5.41, 5.74) is 5.79. The minimum absolute atomic E-state index is 0.724. The highest BCUT2D eigenvalue weighted by molar-refractivity contribution is 7.98. The van der Waals surface area contributed by atoms with Crippen molar-refractivity contribution in [3.8, 4) is 0 Å². The van der Waals surface area contributed by atoms with Gasteiger partial charge in [0, 0.05) is 28.4 Å². The number of aromatic amines is 1. The van der Waals surface area contributed by atoms with Crippen LogP contribution in [0, 0.1) is 13.8 Å². The van der Waals surface area contributed by atoms with Gasteiger partial charge >= 0.3 is 0 Å². The van der Waals surface area contributed by atoms with E-state index in [1.54, 1.807) is 18.0 Å². The summed E-state index contributed by atoms with van der Waals surface area (Å²) >= 11 is 7.91. The summed E-state index contributed by atoms with van der Waals surface area (Å²) in [6.45, 7) is 3.97. The molecule has 0 radical (unpaired) electrons. The van der Waals surface area contributed by atoms with Crippen LogP contribution in [0.1, 0.15) is 16.8 Å². The SMILES string of the molecule is Cc1cnc(CSc2nc3cc4occc4cc3[nH]2)c(C)c1Cl. The molecule has 0 atom stereocenters. The van der Waals surface area contributed by atoms with E-state index in [0.717, 1.165) is 54.8 Å². The highest BCUT2D eigenvalue weighted by atomic mass is 35.5. The number of aromatic nitrogens is 3. The van der Waals surface area contributed by atoms with Crippen molar-refractivity contribution in [1.82, 2.24) is 15.0 Å². The van der Waals surface area contributed by atoms with E-state index < -0.39 is 0 Å². The number of halogens is 1. The average Bonchev–Trinajstić information content (AvgIpc) is 3.14. The van der Waals surface area contributed by atoms with Crippen LogP contribution in [0.15, 0.2) is 40.2 Å². The molecule has 0 unspecified atom stereocenters. The third-order valence-corrected chi connectivity index (χ3v) is 5.37. The van der Waals surface area contributed by atoms with Crippen molar-refractivity contribution in [1.29, 1.82) is 0 Å². The Balaban J connectivity index is 1.61. The Bertz CT molecular complexity index is 973. The molecule has 0 aliphatic heterocycles. The van der Waals surface area contributed by atoms with Crippen molar-refractivity contribution in [2.45, 2.75) is 24.8 Å². The summed E-state index contributed by atoms with van der Waals surface area (Å²) < 4.78 is 5.42. The van der Waals surface area contributed by atoms with E-state index in [-0.39, 0.29) is 0 Å². The maximum atomic E-state index is 6.29. The second kappa shape index (κ2) is 5.58. The third kappa shape index (κ3) is 2.60. The molecule has 3 heterocycles. The van der Waals surface area contributed by atoms with Gasteiger partial charge in [-0.05, 0) is 37.1 Å². The molecule has 1 N–H and O–H groups in total. The molecular weight excluding hydrogens is 330 g/mol. The number of furan rings is 1. The van der Waals surface area contributed by atoms with Crippen LogP contribution in [-0.4, -0.2) is 15.0 Å². The van der Waals surface area contributed by atoms with Gasteiger partial charge in [0.15, 0.2) is 5.16 Å². The molecule has 0 spiro atoms. The second-order valence-corrected chi connectivity index (χ2v) is 6.83. The summed E-state index contributed by atoms with van der Waals surface area (Å²) in [5, 5.41) is 2.73. The molecule has 0 saturated carbocycles. The molecule has 0 amide bonds. The van der Waals surface area contributed by atoms with Crippen molar-refractivity contribution < 1.29 is 4.42 Å². The number of aryl methyl sites for hydroxylation is 1. The van der Waals surface area contributed by atoms with Gasteiger partial charge in [0.25, 0.3) is 0 Å². The number of pyridine rings is 1. The van der Waals surface area contributed by atoms with Crippen molar-refractivity contribution in [3.05, 3.63) is 52.5 Å². The first-order valence-electron chi connectivity index (χ1n) is 7.22. The van der Waals surface area contributed by atoms with Gasteiger partial charge in [0.1, 0.15) is 5.58 Å². The standard InChI is InChI=1S/C17H14ClN3OS/c1-9-7-19-14(10(2)16(9)18)8-23-17-20-12-5-11-3-4-22-15(11)6-13(12)21-17/h3-7H,8H2,1-2H3,(H,20,21). The molecule has 0 aliphatic carbocycles. The number of hydrogen-bond acceptors (Lipinski definition) is 4. The van der Waals surface area contributed by atoms with Crippen molar-refractivity contribution in [2.75, 3.05) is 0 Å². The zero-order chi connectivity index (χ0) is 16.0. The molecular formula is C17H14ClN3OS. The van der Waals surface area contributed by atoms with E-state index in [2.05, 4.69) is 21.0 Å². The number of fused-ring (bicyclic) bond motifs is 2. The molecule has 4 nitrogen and oxygen atoms in total. The van der Waals surface area contributed by atoms with Crippen LogP contribution in [0.3, 0.4) is 0 Å². The molecule has 0 bridgehead atoms. The van der Waals surface area contributed by atoms with Gasteiger partial charge in [-0.25, -0.2) is 4.98 Å². The lowest BCUT2D eigenvalue weighted by Crippen LogP contribution is -1.95. The number of H-pyrrole nitrogens is 1. The molecule has 0 aliphatic rings. The number of nitrogens with one attached hydrogen (secondary N) is 1. The minimum atomic E-state index is 0.724. The zero-order valence-corrected chi connectivity index (χ0v) is 14.3. The summed E-state index contributed by atoms with van der Waals surface area (Å²) in [5.74, 6) is 0.724. The Hall–Kier alpha value is -1.98. The molecule has 0 saturated heterocycles. The molecule has 23 heavy (non-hydrogen) atoms. The predicted octanol–water partition coefficient (Wildman–Crippen LogP) is 5.27. The number of rotatable bonds is 3. The Morgan fingerprint density at radius 2 is 2.17 bits per heavy atom. The van der Waals surface area contributed by atoms with Gasteiger partial charge in [0.2, 0.25) is 0 Å². The lowest BCUT2D eigenvalue weighted by Gasteiger charge is -2.07. The van der Waals surface area contributed by atoms with Crippen LogP contribution in [0.2, 0.25) is 5.02 Å². The second-order valence-electron chi connectivity index (χ2n) is 5.49. The Kier molecular flexibility index (Phi) is 3.54. The fourth-order valence-electron chi connectivity index (χ4n) is 2.55. The summed E-state index contributed by atoms with van der Waals surface area (Å²) in [6.07, 6.45) is 3.51. The van der Waals surface area contributed by atoms with Gasteiger partial charge in [-0.1, -0.05) is 23.4 Å². The molecule has 4 rings (SSSR count). The first kappa shape index (κ1) is 14.6. The quantitative estimate of drug-likeness (QED) is 0.515. The van der Waals surface area contributed by atoms with Crippen molar-refractivity contribution in [2.24, 2.45) is 0 Å². The Morgan fingerprint density at radius 3 is 3.04 bits per heavy atom. The summed E-state index contributed by atoms with van der Waals surface area (Å²) in [7, 11) is 0. The number of benzene rings is 1. The largest absolute Gasteiger partial charge is 0.464 e. The van der Waals surface area contributed by atoms with Gasteiger partial charge in [-0.2, -0.15) is 0 Å². The van der Waals surface area contributed by atoms with Crippen LogP contribution >= 0.6 is 23.4 Å². The molecule has 6 heteroatoms. The first-order valence-corrected chi connectivity index (χ1v) is 8.58. The molecule has 1 aromatic carbocycles. The lowest BCUT2D eigenvalue weighted by molar-refractivity contribution is 0.616. The molecule has 0 fully saturated rings.